The second-order valence-corrected chi connectivity index (χ2v) is 7.98. The molecule has 1 aliphatic heterocycles. The predicted molar refractivity (Wildman–Crippen MR) is 95.5 cm³/mol. The normalized spacial score (nSPS) is 21.2. The molecule has 0 radical (unpaired) electrons. The van der Waals surface area contributed by atoms with Crippen molar-refractivity contribution in [3.8, 4) is 0 Å². The Morgan fingerprint density at radius 2 is 2.12 bits per heavy atom. The fraction of sp³-hybridized carbons (Fsp3) is 0.526. The largest absolute Gasteiger partial charge is 0.337 e. The van der Waals surface area contributed by atoms with Crippen molar-refractivity contribution in [2.75, 3.05) is 13.1 Å². The van der Waals surface area contributed by atoms with Gasteiger partial charge in [0.2, 0.25) is 0 Å². The molecule has 0 unspecified atom stereocenters. The SMILES string of the molecule is O=C(c1cc2c(s1)CCCCC2)N1CCC[C@H](c2ccncn2)C1. The van der Waals surface area contributed by atoms with E-state index >= 15 is 0 Å². The van der Waals surface area contributed by atoms with Crippen molar-refractivity contribution in [2.45, 2.75) is 50.9 Å². The van der Waals surface area contributed by atoms with Crippen molar-refractivity contribution in [3.05, 3.63) is 45.7 Å². The Labute approximate surface area is 146 Å². The minimum Gasteiger partial charge on any atom is -0.337 e. The molecule has 1 aliphatic carbocycles. The minimum atomic E-state index is 0.215. The van der Waals surface area contributed by atoms with E-state index in [0.717, 1.165) is 49.3 Å². The fourth-order valence-corrected chi connectivity index (χ4v) is 5.10. The van der Waals surface area contributed by atoms with Gasteiger partial charge in [-0.15, -0.1) is 11.3 Å². The fourth-order valence-electron chi connectivity index (χ4n) is 3.87. The third-order valence-corrected chi connectivity index (χ3v) is 6.41. The zero-order chi connectivity index (χ0) is 16.4. The summed E-state index contributed by atoms with van der Waals surface area (Å²) < 4.78 is 0. The van der Waals surface area contributed by atoms with Crippen LogP contribution in [0.2, 0.25) is 0 Å². The summed E-state index contributed by atoms with van der Waals surface area (Å²) in [5.41, 5.74) is 2.48. The Kier molecular flexibility index (Phi) is 4.60. The molecule has 0 saturated carbocycles. The molecule has 24 heavy (non-hydrogen) atoms. The van der Waals surface area contributed by atoms with Crippen LogP contribution >= 0.6 is 11.3 Å². The van der Waals surface area contributed by atoms with Gasteiger partial charge in [-0.3, -0.25) is 4.79 Å². The number of hydrogen-bond donors (Lipinski definition) is 0. The number of likely N-dealkylation sites (tertiary alicyclic amines) is 1. The lowest BCUT2D eigenvalue weighted by Crippen LogP contribution is -2.39. The molecule has 0 spiro atoms. The van der Waals surface area contributed by atoms with Crippen molar-refractivity contribution in [1.29, 1.82) is 0 Å². The summed E-state index contributed by atoms with van der Waals surface area (Å²) in [5.74, 6) is 0.551. The van der Waals surface area contributed by atoms with Crippen LogP contribution in [0.3, 0.4) is 0 Å². The molecule has 1 amide bonds. The molecular weight excluding hydrogens is 318 g/mol. The first-order chi connectivity index (χ1) is 11.8. The number of aromatic nitrogens is 2. The number of rotatable bonds is 2. The molecule has 4 nitrogen and oxygen atoms in total. The van der Waals surface area contributed by atoms with Crippen LogP contribution in [-0.2, 0) is 12.8 Å². The molecule has 1 saturated heterocycles. The molecule has 4 rings (SSSR count). The predicted octanol–water partition coefficient (Wildman–Crippen LogP) is 3.83. The summed E-state index contributed by atoms with van der Waals surface area (Å²) in [4.78, 5) is 25.8. The number of carbonyl (C=O) groups is 1. The Balaban J connectivity index is 1.50. The Morgan fingerprint density at radius 1 is 1.21 bits per heavy atom. The maximum atomic E-state index is 13.0. The lowest BCUT2D eigenvalue weighted by molar-refractivity contribution is 0.0710. The highest BCUT2D eigenvalue weighted by Crippen LogP contribution is 2.31. The number of fused-ring (bicyclic) bond motifs is 1. The van der Waals surface area contributed by atoms with Crippen LogP contribution in [0.5, 0.6) is 0 Å². The lowest BCUT2D eigenvalue weighted by atomic mass is 9.94. The van der Waals surface area contributed by atoms with E-state index in [-0.39, 0.29) is 5.91 Å². The zero-order valence-corrected chi connectivity index (χ0v) is 14.7. The maximum absolute atomic E-state index is 13.0. The Hall–Kier alpha value is -1.75. The van der Waals surface area contributed by atoms with Crippen molar-refractivity contribution in [1.82, 2.24) is 14.9 Å². The molecular formula is C19H23N3OS. The van der Waals surface area contributed by atoms with Gasteiger partial charge in [0.15, 0.2) is 0 Å². The van der Waals surface area contributed by atoms with Crippen molar-refractivity contribution in [3.63, 3.8) is 0 Å². The number of amides is 1. The Bertz CT molecular complexity index is 689. The third kappa shape index (κ3) is 3.22. The second kappa shape index (κ2) is 7.01. The van der Waals surface area contributed by atoms with E-state index in [0.29, 0.717) is 5.92 Å². The van der Waals surface area contributed by atoms with Gasteiger partial charge in [-0.05, 0) is 56.2 Å². The average Bonchev–Trinajstić information content (AvgIpc) is 2.92. The molecule has 1 fully saturated rings. The highest BCUT2D eigenvalue weighted by atomic mass is 32.1. The summed E-state index contributed by atoms with van der Waals surface area (Å²) in [6, 6.07) is 4.15. The molecule has 2 aromatic heterocycles. The van der Waals surface area contributed by atoms with Crippen molar-refractivity contribution in [2.24, 2.45) is 0 Å². The Morgan fingerprint density at radius 3 is 3.00 bits per heavy atom. The van der Waals surface area contributed by atoms with Crippen molar-refractivity contribution < 1.29 is 4.79 Å². The molecule has 1 atom stereocenters. The molecule has 0 bridgehead atoms. The number of thiophene rings is 1. The summed E-state index contributed by atoms with van der Waals surface area (Å²) >= 11 is 1.73. The van der Waals surface area contributed by atoms with Gasteiger partial charge in [-0.2, -0.15) is 0 Å². The lowest BCUT2D eigenvalue weighted by Gasteiger charge is -2.32. The highest BCUT2D eigenvalue weighted by molar-refractivity contribution is 7.14. The second-order valence-electron chi connectivity index (χ2n) is 6.84. The monoisotopic (exact) mass is 341 g/mol. The highest BCUT2D eigenvalue weighted by Gasteiger charge is 2.27. The third-order valence-electron chi connectivity index (χ3n) is 5.19. The van der Waals surface area contributed by atoms with Crippen LogP contribution in [-0.4, -0.2) is 33.9 Å². The summed E-state index contributed by atoms with van der Waals surface area (Å²) in [7, 11) is 0. The van der Waals surface area contributed by atoms with E-state index in [1.807, 2.05) is 11.0 Å². The zero-order valence-electron chi connectivity index (χ0n) is 13.9. The van der Waals surface area contributed by atoms with E-state index < -0.39 is 0 Å². The van der Waals surface area contributed by atoms with Gasteiger partial charge in [0.05, 0.1) is 4.88 Å². The number of piperidine rings is 1. The van der Waals surface area contributed by atoms with Crippen LogP contribution in [0.4, 0.5) is 0 Å². The maximum Gasteiger partial charge on any atom is 0.263 e. The smallest absolute Gasteiger partial charge is 0.263 e. The van der Waals surface area contributed by atoms with Crippen LogP contribution < -0.4 is 0 Å². The van der Waals surface area contributed by atoms with Crippen LogP contribution in [0.15, 0.2) is 24.7 Å². The van der Waals surface area contributed by atoms with Gasteiger partial charge >= 0.3 is 0 Å². The molecule has 5 heteroatoms. The molecule has 3 heterocycles. The van der Waals surface area contributed by atoms with E-state index in [1.165, 1.54) is 29.7 Å². The summed E-state index contributed by atoms with van der Waals surface area (Å²) in [5, 5.41) is 0. The number of hydrogen-bond acceptors (Lipinski definition) is 4. The van der Waals surface area contributed by atoms with Crippen LogP contribution in [0.25, 0.3) is 0 Å². The molecule has 2 aromatic rings. The molecule has 126 valence electrons. The quantitative estimate of drug-likeness (QED) is 0.780. The van der Waals surface area contributed by atoms with Gasteiger partial charge in [0, 0.05) is 35.8 Å². The number of aryl methyl sites for hydroxylation is 2. The average molecular weight is 341 g/mol. The van der Waals surface area contributed by atoms with Crippen LogP contribution in [0, 0.1) is 0 Å². The van der Waals surface area contributed by atoms with Gasteiger partial charge in [-0.25, -0.2) is 9.97 Å². The summed E-state index contributed by atoms with van der Waals surface area (Å²) in [6.07, 6.45) is 11.7. The molecule has 0 aromatic carbocycles. The first-order valence-corrected chi connectivity index (χ1v) is 9.79. The van der Waals surface area contributed by atoms with Crippen LogP contribution in [0.1, 0.15) is 63.8 Å². The topological polar surface area (TPSA) is 46.1 Å². The molecule has 2 aliphatic rings. The molecule has 0 N–H and O–H groups in total. The van der Waals surface area contributed by atoms with E-state index in [2.05, 4.69) is 16.0 Å². The van der Waals surface area contributed by atoms with E-state index in [4.69, 9.17) is 0 Å². The van der Waals surface area contributed by atoms with Gasteiger partial charge < -0.3 is 4.90 Å². The minimum absolute atomic E-state index is 0.215. The van der Waals surface area contributed by atoms with Crippen molar-refractivity contribution >= 4 is 17.2 Å². The standard InChI is InChI=1S/C19H23N3OS/c23-19(18-11-14-5-2-1-3-7-17(14)24-18)22-10-4-6-15(12-22)16-8-9-20-13-21-16/h8-9,11,13,15H,1-7,10,12H2/t15-/m0/s1. The number of carbonyl (C=O) groups excluding carboxylic acids is 1. The van der Waals surface area contributed by atoms with Gasteiger partial charge in [0.25, 0.3) is 5.91 Å². The number of nitrogens with zero attached hydrogens (tertiary/aromatic N) is 3. The summed E-state index contributed by atoms with van der Waals surface area (Å²) in [6.45, 7) is 1.64. The van der Waals surface area contributed by atoms with E-state index in [1.54, 1.807) is 23.9 Å². The first kappa shape index (κ1) is 15.8. The van der Waals surface area contributed by atoms with E-state index in [9.17, 15) is 4.79 Å². The first-order valence-electron chi connectivity index (χ1n) is 8.98. The van der Waals surface area contributed by atoms with Gasteiger partial charge in [-0.1, -0.05) is 6.42 Å². The van der Waals surface area contributed by atoms with Gasteiger partial charge in [0.1, 0.15) is 6.33 Å².